The lowest BCUT2D eigenvalue weighted by molar-refractivity contribution is -0.144. The minimum Gasteiger partial charge on any atom is -0.336 e. The zero-order valence-electron chi connectivity index (χ0n) is 12.5. The van der Waals surface area contributed by atoms with Crippen molar-refractivity contribution in [3.63, 3.8) is 0 Å². The molecule has 2 saturated heterocycles. The van der Waals surface area contributed by atoms with Crippen LogP contribution >= 0.6 is 11.3 Å². The van der Waals surface area contributed by atoms with E-state index in [0.717, 1.165) is 44.3 Å². The topological polar surface area (TPSA) is 40.6 Å². The second kappa shape index (κ2) is 5.79. The molecule has 2 aliphatic heterocycles. The van der Waals surface area contributed by atoms with E-state index in [1.165, 1.54) is 0 Å². The van der Waals surface area contributed by atoms with Crippen LogP contribution in [0.3, 0.4) is 0 Å². The number of thiophene rings is 1. The van der Waals surface area contributed by atoms with Crippen molar-refractivity contribution >= 4 is 23.2 Å². The Hall–Kier alpha value is -1.36. The normalized spacial score (nSPS) is 26.4. The molecule has 1 aromatic heterocycles. The summed E-state index contributed by atoms with van der Waals surface area (Å²) >= 11 is 1.55. The summed E-state index contributed by atoms with van der Waals surface area (Å²) in [5.74, 6) is 0.373. The van der Waals surface area contributed by atoms with Gasteiger partial charge >= 0.3 is 0 Å². The number of likely N-dealkylation sites (tertiary alicyclic amines) is 2. The fourth-order valence-electron chi connectivity index (χ4n) is 3.89. The van der Waals surface area contributed by atoms with Crippen molar-refractivity contribution in [2.24, 2.45) is 0 Å². The number of carbonyl (C=O) groups excluding carboxylic acids is 2. The summed E-state index contributed by atoms with van der Waals surface area (Å²) in [5.41, 5.74) is 0.663. The molecular formula is C16H22N2O2S. The standard InChI is InChI=1S/C16H22N2O2S/c1-2-18-14(19)5-3-7-16(18)8-4-9-17(12-16)15(20)13-6-10-21-11-13/h6,10-11H,2-5,7-9,12H2,1H3/t16-/m1/s1. The van der Waals surface area contributed by atoms with Crippen LogP contribution in [-0.2, 0) is 4.79 Å². The summed E-state index contributed by atoms with van der Waals surface area (Å²) in [6.07, 6.45) is 4.66. The zero-order chi connectivity index (χ0) is 14.9. The Morgan fingerprint density at radius 2 is 2.19 bits per heavy atom. The van der Waals surface area contributed by atoms with Crippen LogP contribution in [0.25, 0.3) is 0 Å². The molecule has 0 bridgehead atoms. The molecule has 0 saturated carbocycles. The molecule has 1 spiro atoms. The lowest BCUT2D eigenvalue weighted by atomic mass is 9.79. The van der Waals surface area contributed by atoms with Crippen molar-refractivity contribution in [3.05, 3.63) is 22.4 Å². The lowest BCUT2D eigenvalue weighted by Gasteiger charge is -2.51. The molecule has 3 rings (SSSR count). The van der Waals surface area contributed by atoms with Gasteiger partial charge in [0.05, 0.1) is 11.1 Å². The summed E-state index contributed by atoms with van der Waals surface area (Å²) < 4.78 is 0. The minimum absolute atomic E-state index is 0.115. The van der Waals surface area contributed by atoms with Gasteiger partial charge in [-0.05, 0) is 44.1 Å². The summed E-state index contributed by atoms with van der Waals surface area (Å²) in [5, 5.41) is 3.85. The highest BCUT2D eigenvalue weighted by atomic mass is 32.1. The molecule has 114 valence electrons. The van der Waals surface area contributed by atoms with Crippen molar-refractivity contribution < 1.29 is 9.59 Å². The first-order valence-corrected chi connectivity index (χ1v) is 8.72. The Labute approximate surface area is 129 Å². The molecule has 0 aromatic carbocycles. The van der Waals surface area contributed by atoms with E-state index in [1.807, 2.05) is 33.6 Å². The number of rotatable bonds is 2. The van der Waals surface area contributed by atoms with E-state index in [9.17, 15) is 9.59 Å². The van der Waals surface area contributed by atoms with Gasteiger partial charge < -0.3 is 9.80 Å². The third kappa shape index (κ3) is 2.59. The van der Waals surface area contributed by atoms with Crippen molar-refractivity contribution in [2.45, 2.75) is 44.6 Å². The smallest absolute Gasteiger partial charge is 0.254 e. The number of nitrogens with zero attached hydrogens (tertiary/aromatic N) is 2. The highest BCUT2D eigenvalue weighted by molar-refractivity contribution is 7.08. The number of carbonyl (C=O) groups is 2. The molecule has 2 aliphatic rings. The predicted octanol–water partition coefficient (Wildman–Crippen LogP) is 2.76. The van der Waals surface area contributed by atoms with E-state index in [-0.39, 0.29) is 17.4 Å². The maximum absolute atomic E-state index is 12.6. The van der Waals surface area contributed by atoms with Gasteiger partial charge in [0.25, 0.3) is 5.91 Å². The van der Waals surface area contributed by atoms with Crippen LogP contribution < -0.4 is 0 Å². The van der Waals surface area contributed by atoms with E-state index < -0.39 is 0 Å². The third-order valence-electron chi connectivity index (χ3n) is 4.83. The van der Waals surface area contributed by atoms with Gasteiger partial charge in [-0.15, -0.1) is 0 Å². The minimum atomic E-state index is -0.117. The van der Waals surface area contributed by atoms with E-state index in [0.29, 0.717) is 13.0 Å². The molecule has 0 N–H and O–H groups in total. The highest BCUT2D eigenvalue weighted by Crippen LogP contribution is 2.37. The monoisotopic (exact) mass is 306 g/mol. The van der Waals surface area contributed by atoms with E-state index in [2.05, 4.69) is 0 Å². The highest BCUT2D eigenvalue weighted by Gasteiger charge is 2.45. The molecule has 0 radical (unpaired) electrons. The Morgan fingerprint density at radius 1 is 1.38 bits per heavy atom. The van der Waals surface area contributed by atoms with Gasteiger partial charge in [0.1, 0.15) is 0 Å². The number of piperidine rings is 2. The lowest BCUT2D eigenvalue weighted by Crippen LogP contribution is -2.63. The number of hydrogen-bond donors (Lipinski definition) is 0. The number of likely N-dealkylation sites (N-methyl/N-ethyl adjacent to an activating group) is 1. The molecule has 21 heavy (non-hydrogen) atoms. The molecule has 1 aromatic rings. The maximum Gasteiger partial charge on any atom is 0.254 e. The Morgan fingerprint density at radius 3 is 2.90 bits per heavy atom. The van der Waals surface area contributed by atoms with Gasteiger partial charge in [-0.2, -0.15) is 11.3 Å². The average molecular weight is 306 g/mol. The summed E-state index contributed by atoms with van der Waals surface area (Å²) in [7, 11) is 0. The van der Waals surface area contributed by atoms with Gasteiger partial charge in [-0.1, -0.05) is 0 Å². The van der Waals surface area contributed by atoms with E-state index in [1.54, 1.807) is 11.3 Å². The third-order valence-corrected chi connectivity index (χ3v) is 5.52. The van der Waals surface area contributed by atoms with Crippen LogP contribution in [0.1, 0.15) is 49.4 Å². The molecule has 5 heteroatoms. The summed E-state index contributed by atoms with van der Waals surface area (Å²) in [4.78, 5) is 28.8. The molecule has 0 unspecified atom stereocenters. The van der Waals surface area contributed by atoms with Crippen LogP contribution in [-0.4, -0.2) is 46.8 Å². The van der Waals surface area contributed by atoms with Crippen LogP contribution in [0.15, 0.2) is 16.8 Å². The molecule has 4 nitrogen and oxygen atoms in total. The predicted molar refractivity (Wildman–Crippen MR) is 83.4 cm³/mol. The summed E-state index contributed by atoms with van der Waals surface area (Å²) in [6.45, 7) is 4.30. The largest absolute Gasteiger partial charge is 0.336 e. The van der Waals surface area contributed by atoms with Crippen molar-refractivity contribution in [1.29, 1.82) is 0 Å². The second-order valence-electron chi connectivity index (χ2n) is 6.06. The van der Waals surface area contributed by atoms with Gasteiger partial charge in [0.15, 0.2) is 0 Å². The fraction of sp³-hybridized carbons (Fsp3) is 0.625. The SMILES string of the molecule is CCN1C(=O)CCC[C@]12CCCN(C(=O)c1ccsc1)C2. The second-order valence-corrected chi connectivity index (χ2v) is 6.84. The Kier molecular flexibility index (Phi) is 4.02. The van der Waals surface area contributed by atoms with Gasteiger partial charge in [-0.25, -0.2) is 0 Å². The zero-order valence-corrected chi connectivity index (χ0v) is 13.3. The van der Waals surface area contributed by atoms with Crippen molar-refractivity contribution in [1.82, 2.24) is 9.80 Å². The molecule has 2 amide bonds. The first kappa shape index (κ1) is 14.6. The van der Waals surface area contributed by atoms with Gasteiger partial charge in [0.2, 0.25) is 5.91 Å². The fourth-order valence-corrected chi connectivity index (χ4v) is 4.52. The quantitative estimate of drug-likeness (QED) is 0.843. The van der Waals surface area contributed by atoms with Crippen LogP contribution in [0, 0.1) is 0 Å². The van der Waals surface area contributed by atoms with Crippen LogP contribution in [0.4, 0.5) is 0 Å². The first-order valence-electron chi connectivity index (χ1n) is 7.78. The van der Waals surface area contributed by atoms with Gasteiger partial charge in [-0.3, -0.25) is 9.59 Å². The van der Waals surface area contributed by atoms with Crippen molar-refractivity contribution in [3.8, 4) is 0 Å². The molecule has 3 heterocycles. The first-order chi connectivity index (χ1) is 10.2. The summed E-state index contributed by atoms with van der Waals surface area (Å²) in [6, 6.07) is 1.89. The average Bonchev–Trinajstić information content (AvgIpc) is 3.01. The van der Waals surface area contributed by atoms with Gasteiger partial charge in [0, 0.05) is 31.4 Å². The maximum atomic E-state index is 12.6. The van der Waals surface area contributed by atoms with Crippen molar-refractivity contribution in [2.75, 3.05) is 19.6 Å². The van der Waals surface area contributed by atoms with Crippen LogP contribution in [0.2, 0.25) is 0 Å². The number of hydrogen-bond acceptors (Lipinski definition) is 3. The Balaban J connectivity index is 1.81. The Bertz CT molecular complexity index is 524. The van der Waals surface area contributed by atoms with E-state index >= 15 is 0 Å². The molecule has 1 atom stereocenters. The molecular weight excluding hydrogens is 284 g/mol. The molecule has 0 aliphatic carbocycles. The molecule has 2 fully saturated rings. The number of amides is 2. The van der Waals surface area contributed by atoms with E-state index in [4.69, 9.17) is 0 Å². The van der Waals surface area contributed by atoms with Crippen LogP contribution in [0.5, 0.6) is 0 Å².